The Morgan fingerprint density at radius 2 is 2.04 bits per heavy atom. The predicted molar refractivity (Wildman–Crippen MR) is 101 cm³/mol. The summed E-state index contributed by atoms with van der Waals surface area (Å²) in [6, 6.07) is 3.33. The Balaban J connectivity index is 1.95. The maximum atomic E-state index is 11.9. The van der Waals surface area contributed by atoms with Gasteiger partial charge in [0.15, 0.2) is 18.1 Å². The molecule has 1 N–H and O–H groups in total. The Morgan fingerprint density at radius 1 is 1.30 bits per heavy atom. The molecule has 148 valence electrons. The van der Waals surface area contributed by atoms with Crippen LogP contribution in [0.25, 0.3) is 0 Å². The van der Waals surface area contributed by atoms with Crippen LogP contribution >= 0.6 is 15.9 Å². The van der Waals surface area contributed by atoms with Crippen molar-refractivity contribution < 1.29 is 28.5 Å². The van der Waals surface area contributed by atoms with E-state index in [2.05, 4.69) is 31.2 Å². The molecular weight excluding hydrogens is 422 g/mol. The fraction of sp³-hybridized carbons (Fsp3) is 0.471. The molecule has 0 aliphatic carbocycles. The van der Waals surface area contributed by atoms with Crippen LogP contribution in [-0.2, 0) is 19.1 Å². The summed E-state index contributed by atoms with van der Waals surface area (Å²) in [5.74, 6) is 0.0996. The van der Waals surface area contributed by atoms with E-state index in [0.717, 1.165) is 13.1 Å². The highest BCUT2D eigenvalue weighted by molar-refractivity contribution is 9.10. The number of rotatable bonds is 8. The predicted octanol–water partition coefficient (Wildman–Crippen LogP) is 0.792. The fourth-order valence-electron chi connectivity index (χ4n) is 2.29. The molecule has 1 fully saturated rings. The number of carbonyl (C=O) groups excluding carboxylic acids is 2. The van der Waals surface area contributed by atoms with E-state index in [1.54, 1.807) is 12.1 Å². The number of methoxy groups -OCH3 is 2. The zero-order valence-corrected chi connectivity index (χ0v) is 16.8. The van der Waals surface area contributed by atoms with Gasteiger partial charge in [-0.05, 0) is 28.1 Å². The highest BCUT2D eigenvalue weighted by Gasteiger charge is 2.14. The number of hydrazone groups is 1. The van der Waals surface area contributed by atoms with Gasteiger partial charge in [-0.3, -0.25) is 9.69 Å². The first kappa shape index (κ1) is 21.1. The molecule has 1 amide bonds. The van der Waals surface area contributed by atoms with E-state index in [1.807, 2.05) is 4.90 Å². The maximum absolute atomic E-state index is 11.9. The monoisotopic (exact) mass is 443 g/mol. The molecular formula is C17H22BrN3O6. The molecule has 1 aromatic rings. The van der Waals surface area contributed by atoms with Crippen LogP contribution in [0.2, 0.25) is 0 Å². The summed E-state index contributed by atoms with van der Waals surface area (Å²) in [6.45, 7) is 2.76. The third-order valence-corrected chi connectivity index (χ3v) is 4.41. The van der Waals surface area contributed by atoms with E-state index in [9.17, 15) is 9.59 Å². The lowest BCUT2D eigenvalue weighted by Gasteiger charge is -2.25. The average Bonchev–Trinajstić information content (AvgIpc) is 2.68. The Hall–Kier alpha value is -2.17. The third-order valence-electron chi connectivity index (χ3n) is 3.72. The van der Waals surface area contributed by atoms with Crippen LogP contribution in [0.3, 0.4) is 0 Å². The summed E-state index contributed by atoms with van der Waals surface area (Å²) in [6.07, 6.45) is 1.49. The van der Waals surface area contributed by atoms with E-state index in [1.165, 1.54) is 20.4 Å². The van der Waals surface area contributed by atoms with E-state index < -0.39 is 5.97 Å². The average molecular weight is 444 g/mol. The third kappa shape index (κ3) is 6.81. The molecule has 1 aliphatic heterocycles. The number of ether oxygens (including phenoxy) is 4. The molecule has 0 spiro atoms. The maximum Gasteiger partial charge on any atom is 0.343 e. The van der Waals surface area contributed by atoms with Crippen molar-refractivity contribution in [2.45, 2.75) is 0 Å². The van der Waals surface area contributed by atoms with Crippen molar-refractivity contribution in [1.29, 1.82) is 0 Å². The summed E-state index contributed by atoms with van der Waals surface area (Å²) in [4.78, 5) is 25.1. The van der Waals surface area contributed by atoms with Crippen molar-refractivity contribution in [1.82, 2.24) is 10.3 Å². The lowest BCUT2D eigenvalue weighted by atomic mass is 10.2. The first-order chi connectivity index (χ1) is 13.0. The number of amides is 1. The molecule has 9 nitrogen and oxygen atoms in total. The van der Waals surface area contributed by atoms with Gasteiger partial charge in [-0.1, -0.05) is 0 Å². The first-order valence-electron chi connectivity index (χ1n) is 8.22. The molecule has 0 atom stereocenters. The van der Waals surface area contributed by atoms with E-state index in [0.29, 0.717) is 34.7 Å². The van der Waals surface area contributed by atoms with Gasteiger partial charge in [0.05, 0.1) is 40.2 Å². The molecule has 0 aromatic heterocycles. The van der Waals surface area contributed by atoms with Crippen molar-refractivity contribution >= 4 is 34.0 Å². The molecule has 1 aromatic carbocycles. The van der Waals surface area contributed by atoms with Crippen LogP contribution in [0.15, 0.2) is 21.7 Å². The van der Waals surface area contributed by atoms with Gasteiger partial charge in [0.1, 0.15) is 0 Å². The molecule has 2 rings (SSSR count). The van der Waals surface area contributed by atoms with Crippen LogP contribution in [0.5, 0.6) is 11.5 Å². The van der Waals surface area contributed by atoms with Crippen molar-refractivity contribution in [3.63, 3.8) is 0 Å². The lowest BCUT2D eigenvalue weighted by molar-refractivity contribution is -0.142. The van der Waals surface area contributed by atoms with Gasteiger partial charge in [0.25, 0.3) is 5.91 Å². The van der Waals surface area contributed by atoms with Crippen molar-refractivity contribution in [3.8, 4) is 11.5 Å². The Bertz CT molecular complexity index is 691. The fourth-order valence-corrected chi connectivity index (χ4v) is 2.71. The topological polar surface area (TPSA) is 98.7 Å². The molecule has 10 heteroatoms. The van der Waals surface area contributed by atoms with Crippen molar-refractivity contribution in [3.05, 3.63) is 22.2 Å². The SMILES string of the molecule is COC(=O)COc1cc(Br)c(/C=N\NC(=O)CN2CCOCC2)cc1OC. The van der Waals surface area contributed by atoms with Gasteiger partial charge in [0, 0.05) is 23.1 Å². The number of morpholine rings is 1. The highest BCUT2D eigenvalue weighted by Crippen LogP contribution is 2.32. The van der Waals surface area contributed by atoms with Crippen LogP contribution in [-0.4, -0.2) is 76.7 Å². The summed E-state index contributed by atoms with van der Waals surface area (Å²) in [7, 11) is 2.77. The Kier molecular flexibility index (Phi) is 8.49. The first-order valence-corrected chi connectivity index (χ1v) is 9.02. The van der Waals surface area contributed by atoms with Crippen LogP contribution in [0.4, 0.5) is 0 Å². The van der Waals surface area contributed by atoms with Gasteiger partial charge < -0.3 is 18.9 Å². The van der Waals surface area contributed by atoms with Gasteiger partial charge in [-0.2, -0.15) is 5.10 Å². The van der Waals surface area contributed by atoms with E-state index in [-0.39, 0.29) is 19.1 Å². The zero-order valence-electron chi connectivity index (χ0n) is 15.2. The van der Waals surface area contributed by atoms with Crippen LogP contribution in [0.1, 0.15) is 5.56 Å². The second kappa shape index (κ2) is 10.9. The summed E-state index contributed by atoms with van der Waals surface area (Å²) < 4.78 is 21.1. The van der Waals surface area contributed by atoms with Crippen LogP contribution < -0.4 is 14.9 Å². The molecule has 0 unspecified atom stereocenters. The minimum Gasteiger partial charge on any atom is -0.493 e. The number of hydrogen-bond acceptors (Lipinski definition) is 8. The molecule has 0 saturated carbocycles. The number of hydrogen-bond donors (Lipinski definition) is 1. The van der Waals surface area contributed by atoms with E-state index in [4.69, 9.17) is 14.2 Å². The molecule has 27 heavy (non-hydrogen) atoms. The summed E-state index contributed by atoms with van der Waals surface area (Å²) >= 11 is 3.40. The van der Waals surface area contributed by atoms with Crippen molar-refractivity contribution in [2.75, 3.05) is 53.7 Å². The molecule has 0 radical (unpaired) electrons. The standard InChI is InChI=1S/C17H22BrN3O6/c1-24-14-7-12(13(18)8-15(14)27-11-17(23)25-2)9-19-20-16(22)10-21-3-5-26-6-4-21/h7-9H,3-6,10-11H2,1-2H3,(H,20,22)/b19-9-. The highest BCUT2D eigenvalue weighted by atomic mass is 79.9. The molecule has 0 bridgehead atoms. The zero-order chi connectivity index (χ0) is 19.6. The smallest absolute Gasteiger partial charge is 0.343 e. The van der Waals surface area contributed by atoms with Gasteiger partial charge in [0.2, 0.25) is 0 Å². The second-order valence-electron chi connectivity index (χ2n) is 5.57. The number of nitrogens with zero attached hydrogens (tertiary/aromatic N) is 2. The van der Waals surface area contributed by atoms with Gasteiger partial charge in [-0.25, -0.2) is 10.2 Å². The Morgan fingerprint density at radius 3 is 2.70 bits per heavy atom. The Labute approximate surface area is 165 Å². The largest absolute Gasteiger partial charge is 0.493 e. The number of esters is 1. The summed E-state index contributed by atoms with van der Waals surface area (Å²) in [5.41, 5.74) is 3.17. The quantitative estimate of drug-likeness (QED) is 0.360. The summed E-state index contributed by atoms with van der Waals surface area (Å²) in [5, 5.41) is 3.98. The minimum absolute atomic E-state index is 0.200. The van der Waals surface area contributed by atoms with E-state index >= 15 is 0 Å². The van der Waals surface area contributed by atoms with Gasteiger partial charge >= 0.3 is 5.97 Å². The number of carbonyl (C=O) groups is 2. The minimum atomic E-state index is -0.498. The lowest BCUT2D eigenvalue weighted by Crippen LogP contribution is -2.42. The number of nitrogens with one attached hydrogen (secondary N) is 1. The molecule has 1 heterocycles. The molecule has 1 saturated heterocycles. The number of halogens is 1. The van der Waals surface area contributed by atoms with Crippen LogP contribution in [0, 0.1) is 0 Å². The molecule has 1 aliphatic rings. The number of benzene rings is 1. The van der Waals surface area contributed by atoms with Crippen molar-refractivity contribution in [2.24, 2.45) is 5.10 Å². The second-order valence-corrected chi connectivity index (χ2v) is 6.43. The normalized spacial score (nSPS) is 14.8. The van der Waals surface area contributed by atoms with Gasteiger partial charge in [-0.15, -0.1) is 0 Å².